The lowest BCUT2D eigenvalue weighted by Gasteiger charge is -2.33. The summed E-state index contributed by atoms with van der Waals surface area (Å²) in [6.45, 7) is 50.4. The molecule has 0 bridgehead atoms. The van der Waals surface area contributed by atoms with Crippen molar-refractivity contribution in [2.75, 3.05) is 65.4 Å². The highest BCUT2D eigenvalue weighted by Gasteiger charge is 2.29. The zero-order valence-electron chi connectivity index (χ0n) is 44.0. The Morgan fingerprint density at radius 3 is 0.656 bits per heavy atom. The first-order valence-corrected chi connectivity index (χ1v) is 23.8. The molecule has 0 radical (unpaired) electrons. The minimum atomic E-state index is -0.0189. The van der Waals surface area contributed by atoms with Crippen molar-refractivity contribution in [2.24, 2.45) is 43.3 Å². The highest BCUT2D eigenvalue weighted by Crippen LogP contribution is 2.35. The van der Waals surface area contributed by atoms with Crippen molar-refractivity contribution in [3.8, 4) is 0 Å². The van der Waals surface area contributed by atoms with E-state index < -0.39 is 0 Å². The topological polar surface area (TPSA) is 123 Å². The Morgan fingerprint density at radius 2 is 0.492 bits per heavy atom. The molecule has 10 heteroatoms. The van der Waals surface area contributed by atoms with Crippen LogP contribution in [0.1, 0.15) is 196 Å². The Bertz CT molecular complexity index is 1130. The van der Waals surface area contributed by atoms with Crippen LogP contribution in [0.4, 0.5) is 0 Å². The third kappa shape index (κ3) is 34.9. The van der Waals surface area contributed by atoms with Crippen LogP contribution in [-0.2, 0) is 19.2 Å². The fourth-order valence-electron chi connectivity index (χ4n) is 9.93. The predicted molar refractivity (Wildman–Crippen MR) is 259 cm³/mol. The molecule has 0 saturated heterocycles. The van der Waals surface area contributed by atoms with Gasteiger partial charge < -0.3 is 31.1 Å². The first-order valence-electron chi connectivity index (χ1n) is 23.8. The van der Waals surface area contributed by atoms with Crippen LogP contribution < -0.4 is 21.3 Å². The van der Waals surface area contributed by atoms with Crippen LogP contribution in [0.3, 0.4) is 0 Å². The lowest BCUT2D eigenvalue weighted by molar-refractivity contribution is -0.123. The summed E-state index contributed by atoms with van der Waals surface area (Å²) in [5, 5.41) is 12.7. The number of hydrogen-bond donors (Lipinski definition) is 4. The van der Waals surface area contributed by atoms with Crippen LogP contribution in [0.5, 0.6) is 0 Å². The van der Waals surface area contributed by atoms with Gasteiger partial charge in [0.1, 0.15) is 0 Å². The van der Waals surface area contributed by atoms with Crippen molar-refractivity contribution < 1.29 is 19.2 Å². The molecule has 0 saturated carbocycles. The first-order chi connectivity index (χ1) is 27.3. The summed E-state index contributed by atoms with van der Waals surface area (Å²) in [6.07, 6.45) is 6.19. The highest BCUT2D eigenvalue weighted by molar-refractivity contribution is 5.77. The number of hydrogen-bond acceptors (Lipinski definition) is 6. The first kappa shape index (κ1) is 58.8. The molecule has 0 aliphatic rings. The lowest BCUT2D eigenvalue weighted by Crippen LogP contribution is -2.41. The van der Waals surface area contributed by atoms with Gasteiger partial charge in [0.15, 0.2) is 0 Å². The standard InChI is InChI=1S/C51H102N6O4/c1-44(2,3)32-48(13,14)36-52-40(58)22-28-56(29-23-41(59)53-37-49(15,16)33-45(4,5)6)26-21-27-57(30-24-42(60)54-38-50(17,18)34-46(7,8)9)31-25-43(61)55-39-51(19,20)35-47(10,11)12/h21-39H2,1-20H3,(H,52,58)(H,53,59)(H,54,60)(H,55,61). The minimum absolute atomic E-state index is 0.0189. The Balaban J connectivity index is 5.84. The van der Waals surface area contributed by atoms with Gasteiger partial charge in [0.2, 0.25) is 23.6 Å². The summed E-state index contributed by atoms with van der Waals surface area (Å²) >= 11 is 0. The third-order valence-corrected chi connectivity index (χ3v) is 10.7. The molecule has 61 heavy (non-hydrogen) atoms. The molecule has 0 fully saturated rings. The van der Waals surface area contributed by atoms with Crippen LogP contribution in [0.2, 0.25) is 0 Å². The van der Waals surface area contributed by atoms with E-state index in [2.05, 4.69) is 170 Å². The Morgan fingerprint density at radius 1 is 0.311 bits per heavy atom. The smallest absolute Gasteiger partial charge is 0.221 e. The maximum atomic E-state index is 13.2. The number of rotatable bonds is 28. The molecule has 4 amide bonds. The molecular weight excluding hydrogens is 761 g/mol. The van der Waals surface area contributed by atoms with Crippen LogP contribution in [0.25, 0.3) is 0 Å². The molecular formula is C51H102N6O4. The van der Waals surface area contributed by atoms with Crippen LogP contribution in [0.15, 0.2) is 0 Å². The van der Waals surface area contributed by atoms with E-state index in [1.165, 1.54) is 0 Å². The maximum absolute atomic E-state index is 13.2. The molecule has 0 rings (SSSR count). The highest BCUT2D eigenvalue weighted by atomic mass is 16.2. The van der Waals surface area contributed by atoms with Crippen molar-refractivity contribution in [3.63, 3.8) is 0 Å². The van der Waals surface area contributed by atoms with Gasteiger partial charge in [-0.15, -0.1) is 0 Å². The monoisotopic (exact) mass is 863 g/mol. The summed E-state index contributed by atoms with van der Waals surface area (Å²) in [7, 11) is 0. The number of amides is 4. The van der Waals surface area contributed by atoms with E-state index in [4.69, 9.17) is 0 Å². The largest absolute Gasteiger partial charge is 0.356 e. The van der Waals surface area contributed by atoms with E-state index in [1.807, 2.05) is 0 Å². The average Bonchev–Trinajstić information content (AvgIpc) is 3.02. The molecule has 360 valence electrons. The van der Waals surface area contributed by atoms with Crippen molar-refractivity contribution in [1.29, 1.82) is 0 Å². The molecule has 0 aromatic heterocycles. The minimum Gasteiger partial charge on any atom is -0.356 e. The molecule has 0 spiro atoms. The number of nitrogens with zero attached hydrogens (tertiary/aromatic N) is 2. The second-order valence-corrected chi connectivity index (χ2v) is 26.8. The Hall–Kier alpha value is -2.20. The summed E-state index contributed by atoms with van der Waals surface area (Å²) in [6, 6.07) is 0. The van der Waals surface area contributed by atoms with E-state index in [-0.39, 0.29) is 66.9 Å². The molecule has 0 heterocycles. The Kier molecular flexibility index (Phi) is 23.9. The van der Waals surface area contributed by atoms with Crippen molar-refractivity contribution in [3.05, 3.63) is 0 Å². The van der Waals surface area contributed by atoms with Gasteiger partial charge in [-0.2, -0.15) is 0 Å². The Labute approximate surface area is 377 Å². The summed E-state index contributed by atoms with van der Waals surface area (Å²) in [4.78, 5) is 57.1. The molecule has 0 aliphatic carbocycles. The molecule has 0 aliphatic heterocycles. The molecule has 0 aromatic carbocycles. The van der Waals surface area contributed by atoms with Gasteiger partial charge in [-0.1, -0.05) is 138 Å². The van der Waals surface area contributed by atoms with Crippen LogP contribution >= 0.6 is 0 Å². The quantitative estimate of drug-likeness (QED) is 0.0622. The predicted octanol–water partition coefficient (Wildman–Crippen LogP) is 9.86. The summed E-state index contributed by atoms with van der Waals surface area (Å²) in [5.74, 6) is 0.0940. The average molecular weight is 863 g/mol. The summed E-state index contributed by atoms with van der Waals surface area (Å²) < 4.78 is 0. The number of carbonyl (C=O) groups is 4. The van der Waals surface area contributed by atoms with Crippen LogP contribution in [0, 0.1) is 43.3 Å². The molecule has 0 atom stereocenters. The van der Waals surface area contributed by atoms with Gasteiger partial charge >= 0.3 is 0 Å². The van der Waals surface area contributed by atoms with Crippen molar-refractivity contribution >= 4 is 23.6 Å². The van der Waals surface area contributed by atoms with E-state index in [9.17, 15) is 19.2 Å². The van der Waals surface area contributed by atoms with Gasteiger partial charge in [-0.3, -0.25) is 19.2 Å². The molecule has 0 unspecified atom stereocenters. The summed E-state index contributed by atoms with van der Waals surface area (Å²) in [5.41, 5.74) is 0.595. The SMILES string of the molecule is CC(C)(C)CC(C)(C)CNC(=O)CCN(CCCN(CCC(=O)NCC(C)(C)CC(C)(C)C)CCC(=O)NCC(C)(C)CC(C)(C)C)CCC(=O)NCC(C)(C)CC(C)(C)C. The maximum Gasteiger partial charge on any atom is 0.221 e. The van der Waals surface area contributed by atoms with E-state index in [1.54, 1.807) is 0 Å². The van der Waals surface area contributed by atoms with Gasteiger partial charge in [-0.25, -0.2) is 0 Å². The van der Waals surface area contributed by atoms with E-state index >= 15 is 0 Å². The zero-order chi connectivity index (χ0) is 47.7. The second kappa shape index (κ2) is 24.8. The molecule has 4 N–H and O–H groups in total. The lowest BCUT2D eigenvalue weighted by atomic mass is 9.76. The molecule has 10 nitrogen and oxygen atoms in total. The van der Waals surface area contributed by atoms with Crippen molar-refractivity contribution in [1.82, 2.24) is 31.1 Å². The number of carbonyl (C=O) groups excluding carboxylic acids is 4. The van der Waals surface area contributed by atoms with E-state index in [0.29, 0.717) is 91.1 Å². The van der Waals surface area contributed by atoms with E-state index in [0.717, 1.165) is 32.1 Å². The second-order valence-electron chi connectivity index (χ2n) is 26.8. The molecule has 0 aromatic rings. The fourth-order valence-corrected chi connectivity index (χ4v) is 9.93. The fraction of sp³-hybridized carbons (Fsp3) is 0.922. The van der Waals surface area contributed by atoms with Crippen molar-refractivity contribution in [2.45, 2.75) is 196 Å². The van der Waals surface area contributed by atoms with Gasteiger partial charge in [-0.05, 0) is 88.5 Å². The van der Waals surface area contributed by atoms with Gasteiger partial charge in [0.05, 0.1) is 0 Å². The zero-order valence-corrected chi connectivity index (χ0v) is 44.0. The van der Waals surface area contributed by atoms with Gasteiger partial charge in [0, 0.05) is 78.0 Å². The van der Waals surface area contributed by atoms with Crippen LogP contribution in [-0.4, -0.2) is 98.9 Å². The number of nitrogens with one attached hydrogen (secondary N) is 4. The normalized spacial score (nSPS) is 13.7. The van der Waals surface area contributed by atoms with Gasteiger partial charge in [0.25, 0.3) is 0 Å². The third-order valence-electron chi connectivity index (χ3n) is 10.7.